The highest BCUT2D eigenvalue weighted by Crippen LogP contribution is 2.18. The molecule has 70 valence electrons. The van der Waals surface area contributed by atoms with Gasteiger partial charge < -0.3 is 9.64 Å². The molecule has 0 spiro atoms. The van der Waals surface area contributed by atoms with Gasteiger partial charge >= 0.3 is 0 Å². The molecular weight excluding hydrogens is 154 g/mol. The first-order valence-electron chi connectivity index (χ1n) is 4.45. The normalized spacial score (nSPS) is 30.4. The van der Waals surface area contributed by atoms with Crippen LogP contribution in [-0.4, -0.2) is 36.6 Å². The Labute approximate surface area is 73.7 Å². The molecule has 0 aliphatic carbocycles. The monoisotopic (exact) mass is 171 g/mol. The number of carbonyl (C=O) groups is 1. The molecule has 1 rings (SSSR count). The highest BCUT2D eigenvalue weighted by molar-refractivity contribution is 5.73. The van der Waals surface area contributed by atoms with Gasteiger partial charge in [0.1, 0.15) is 0 Å². The summed E-state index contributed by atoms with van der Waals surface area (Å²) in [7, 11) is 1.74. The highest BCUT2D eigenvalue weighted by atomic mass is 16.5. The van der Waals surface area contributed by atoms with E-state index in [0.717, 1.165) is 19.4 Å². The molecule has 12 heavy (non-hydrogen) atoms. The third-order valence-corrected chi connectivity index (χ3v) is 2.57. The van der Waals surface area contributed by atoms with Crippen molar-refractivity contribution in [2.45, 2.75) is 38.8 Å². The second-order valence-corrected chi connectivity index (χ2v) is 3.44. The molecular formula is C9H17NO2. The lowest BCUT2D eigenvalue weighted by molar-refractivity contribution is -0.134. The predicted molar refractivity (Wildman–Crippen MR) is 46.9 cm³/mol. The molecule has 0 bridgehead atoms. The topological polar surface area (TPSA) is 29.5 Å². The van der Waals surface area contributed by atoms with Crippen molar-refractivity contribution in [1.82, 2.24) is 4.90 Å². The van der Waals surface area contributed by atoms with Gasteiger partial charge in [0.15, 0.2) is 0 Å². The highest BCUT2D eigenvalue weighted by Gasteiger charge is 2.26. The zero-order chi connectivity index (χ0) is 9.14. The molecule has 0 radical (unpaired) electrons. The Hall–Kier alpha value is -0.570. The number of amides is 1. The lowest BCUT2D eigenvalue weighted by Gasteiger charge is -2.36. The van der Waals surface area contributed by atoms with Gasteiger partial charge in [-0.3, -0.25) is 4.79 Å². The Morgan fingerprint density at radius 1 is 1.58 bits per heavy atom. The quantitative estimate of drug-likeness (QED) is 0.589. The van der Waals surface area contributed by atoms with Crippen LogP contribution in [0.15, 0.2) is 0 Å². The standard InChI is InChI=1S/C9H17NO2/c1-7-6-9(12-3)4-5-10(7)8(2)11/h7,9H,4-6H2,1-3H3. The van der Waals surface area contributed by atoms with Gasteiger partial charge in [-0.1, -0.05) is 0 Å². The molecule has 2 atom stereocenters. The predicted octanol–water partition coefficient (Wildman–Crippen LogP) is 1.03. The van der Waals surface area contributed by atoms with Crippen LogP contribution in [0.3, 0.4) is 0 Å². The van der Waals surface area contributed by atoms with E-state index in [4.69, 9.17) is 4.74 Å². The molecule has 1 aliphatic heterocycles. The van der Waals surface area contributed by atoms with Crippen LogP contribution in [-0.2, 0) is 9.53 Å². The van der Waals surface area contributed by atoms with Gasteiger partial charge in [0, 0.05) is 26.6 Å². The maximum absolute atomic E-state index is 11.1. The number of piperidine rings is 1. The molecule has 1 amide bonds. The van der Waals surface area contributed by atoms with Crippen LogP contribution < -0.4 is 0 Å². The average Bonchev–Trinajstić information content (AvgIpc) is 2.03. The molecule has 1 heterocycles. The van der Waals surface area contributed by atoms with E-state index < -0.39 is 0 Å². The number of nitrogens with zero attached hydrogens (tertiary/aromatic N) is 1. The van der Waals surface area contributed by atoms with Crippen molar-refractivity contribution in [2.24, 2.45) is 0 Å². The summed E-state index contributed by atoms with van der Waals surface area (Å²) < 4.78 is 5.25. The smallest absolute Gasteiger partial charge is 0.219 e. The first-order chi connectivity index (χ1) is 5.65. The summed E-state index contributed by atoms with van der Waals surface area (Å²) in [5.74, 6) is 0.178. The number of carbonyl (C=O) groups excluding carboxylic acids is 1. The Morgan fingerprint density at radius 3 is 2.67 bits per heavy atom. The van der Waals surface area contributed by atoms with Crippen molar-refractivity contribution in [2.75, 3.05) is 13.7 Å². The van der Waals surface area contributed by atoms with Crippen molar-refractivity contribution in [3.05, 3.63) is 0 Å². The van der Waals surface area contributed by atoms with Gasteiger partial charge in [-0.15, -0.1) is 0 Å². The second-order valence-electron chi connectivity index (χ2n) is 3.44. The fourth-order valence-corrected chi connectivity index (χ4v) is 1.81. The van der Waals surface area contributed by atoms with Gasteiger partial charge in [0.2, 0.25) is 5.91 Å². The van der Waals surface area contributed by atoms with E-state index in [1.54, 1.807) is 14.0 Å². The molecule has 3 heteroatoms. The van der Waals surface area contributed by atoms with Crippen LogP contribution in [0.4, 0.5) is 0 Å². The van der Waals surface area contributed by atoms with Crippen LogP contribution in [0.25, 0.3) is 0 Å². The first kappa shape index (κ1) is 9.52. The van der Waals surface area contributed by atoms with Crippen molar-refractivity contribution in [3.63, 3.8) is 0 Å². The Balaban J connectivity index is 2.47. The van der Waals surface area contributed by atoms with E-state index in [-0.39, 0.29) is 5.91 Å². The molecule has 0 aromatic heterocycles. The summed E-state index contributed by atoms with van der Waals surface area (Å²) in [6, 6.07) is 0.334. The molecule has 3 nitrogen and oxygen atoms in total. The average molecular weight is 171 g/mol. The summed E-state index contributed by atoms with van der Waals surface area (Å²) >= 11 is 0. The van der Waals surface area contributed by atoms with E-state index in [1.165, 1.54) is 0 Å². The number of hydrogen-bond donors (Lipinski definition) is 0. The van der Waals surface area contributed by atoms with Crippen molar-refractivity contribution in [3.8, 4) is 0 Å². The number of rotatable bonds is 1. The van der Waals surface area contributed by atoms with Crippen molar-refractivity contribution >= 4 is 5.91 Å². The van der Waals surface area contributed by atoms with Gasteiger partial charge in [0.25, 0.3) is 0 Å². The molecule has 1 fully saturated rings. The zero-order valence-corrected chi connectivity index (χ0v) is 8.04. The molecule has 2 unspecified atom stereocenters. The van der Waals surface area contributed by atoms with E-state index in [2.05, 4.69) is 6.92 Å². The van der Waals surface area contributed by atoms with E-state index in [1.807, 2.05) is 4.90 Å². The molecule has 0 saturated carbocycles. The van der Waals surface area contributed by atoms with Crippen LogP contribution >= 0.6 is 0 Å². The maximum Gasteiger partial charge on any atom is 0.219 e. The van der Waals surface area contributed by atoms with Gasteiger partial charge in [0.05, 0.1) is 6.10 Å². The summed E-state index contributed by atoms with van der Waals surface area (Å²) in [5, 5.41) is 0. The largest absolute Gasteiger partial charge is 0.381 e. The minimum atomic E-state index is 0.178. The first-order valence-corrected chi connectivity index (χ1v) is 4.45. The summed E-state index contributed by atoms with van der Waals surface area (Å²) in [4.78, 5) is 13.0. The molecule has 1 aliphatic rings. The van der Waals surface area contributed by atoms with Crippen LogP contribution in [0.2, 0.25) is 0 Å². The fraction of sp³-hybridized carbons (Fsp3) is 0.889. The number of methoxy groups -OCH3 is 1. The molecule has 0 aromatic rings. The summed E-state index contributed by atoms with van der Waals surface area (Å²) in [6.07, 6.45) is 2.28. The van der Waals surface area contributed by atoms with Crippen LogP contribution in [0, 0.1) is 0 Å². The summed E-state index contributed by atoms with van der Waals surface area (Å²) in [5.41, 5.74) is 0. The number of ether oxygens (including phenoxy) is 1. The van der Waals surface area contributed by atoms with Crippen molar-refractivity contribution in [1.29, 1.82) is 0 Å². The van der Waals surface area contributed by atoms with Gasteiger partial charge in [-0.2, -0.15) is 0 Å². The third-order valence-electron chi connectivity index (χ3n) is 2.57. The summed E-state index contributed by atoms with van der Waals surface area (Å²) in [6.45, 7) is 4.55. The number of hydrogen-bond acceptors (Lipinski definition) is 2. The van der Waals surface area contributed by atoms with Crippen LogP contribution in [0.5, 0.6) is 0 Å². The zero-order valence-electron chi connectivity index (χ0n) is 8.04. The second kappa shape index (κ2) is 3.90. The van der Waals surface area contributed by atoms with E-state index >= 15 is 0 Å². The lowest BCUT2D eigenvalue weighted by atomic mass is 10.0. The van der Waals surface area contributed by atoms with Crippen molar-refractivity contribution < 1.29 is 9.53 Å². The van der Waals surface area contributed by atoms with Crippen LogP contribution in [0.1, 0.15) is 26.7 Å². The lowest BCUT2D eigenvalue weighted by Crippen LogP contribution is -2.45. The Bertz CT molecular complexity index is 170. The Morgan fingerprint density at radius 2 is 2.25 bits per heavy atom. The van der Waals surface area contributed by atoms with E-state index in [0.29, 0.717) is 12.1 Å². The van der Waals surface area contributed by atoms with E-state index in [9.17, 15) is 4.79 Å². The third kappa shape index (κ3) is 1.97. The van der Waals surface area contributed by atoms with Gasteiger partial charge in [-0.25, -0.2) is 0 Å². The molecule has 1 saturated heterocycles. The maximum atomic E-state index is 11.1. The number of likely N-dealkylation sites (tertiary alicyclic amines) is 1. The fourth-order valence-electron chi connectivity index (χ4n) is 1.81. The SMILES string of the molecule is COC1CCN(C(C)=O)C(C)C1. The minimum Gasteiger partial charge on any atom is -0.381 e. The molecule has 0 aromatic carbocycles. The Kier molecular flexibility index (Phi) is 3.09. The molecule has 0 N–H and O–H groups in total. The van der Waals surface area contributed by atoms with Gasteiger partial charge in [-0.05, 0) is 19.8 Å². The minimum absolute atomic E-state index is 0.178.